The zero-order valence-electron chi connectivity index (χ0n) is 21.7. The van der Waals surface area contributed by atoms with E-state index in [4.69, 9.17) is 16.6 Å². The van der Waals surface area contributed by atoms with Crippen molar-refractivity contribution in [3.63, 3.8) is 0 Å². The molecule has 0 aliphatic carbocycles. The molecule has 10 heteroatoms. The molecule has 0 saturated carbocycles. The lowest BCUT2D eigenvalue weighted by Crippen LogP contribution is -2.40. The van der Waals surface area contributed by atoms with Gasteiger partial charge in [0, 0.05) is 17.3 Å². The van der Waals surface area contributed by atoms with Gasteiger partial charge < -0.3 is 10.2 Å². The summed E-state index contributed by atoms with van der Waals surface area (Å²) in [6.07, 6.45) is -3.14. The summed E-state index contributed by atoms with van der Waals surface area (Å²) < 4.78 is 41.2. The summed E-state index contributed by atoms with van der Waals surface area (Å²) in [4.78, 5) is 33.6. The predicted octanol–water partition coefficient (Wildman–Crippen LogP) is 7.76. The standard InChI is InChI=1S/C29H28ClF3N4O2/c1-4-5-15-36(28(39)34-22-10-8-9-20(17-22)29(31,32)33)19(3)26-35-24-12-7-6-11-23(24)27(38)37(26)25-14-13-21(30)16-18(25)2/h6-14,16-17,19H,4-5,15H2,1-3H3,(H,34,39). The van der Waals surface area contributed by atoms with E-state index in [2.05, 4.69) is 5.32 Å². The molecule has 0 bridgehead atoms. The summed E-state index contributed by atoms with van der Waals surface area (Å²) in [6.45, 7) is 5.84. The Morgan fingerprint density at radius 1 is 1.10 bits per heavy atom. The Morgan fingerprint density at radius 2 is 1.85 bits per heavy atom. The topological polar surface area (TPSA) is 67.2 Å². The second-order valence-corrected chi connectivity index (χ2v) is 9.73. The lowest BCUT2D eigenvalue weighted by atomic mass is 10.1. The quantitative estimate of drug-likeness (QED) is 0.253. The molecular weight excluding hydrogens is 529 g/mol. The van der Waals surface area contributed by atoms with E-state index in [-0.39, 0.29) is 11.2 Å². The van der Waals surface area contributed by atoms with Crippen LogP contribution >= 0.6 is 11.6 Å². The molecule has 4 aromatic rings. The maximum Gasteiger partial charge on any atom is 0.416 e. The van der Waals surface area contributed by atoms with Crippen LogP contribution in [-0.4, -0.2) is 27.0 Å². The van der Waals surface area contributed by atoms with Gasteiger partial charge in [-0.2, -0.15) is 13.2 Å². The summed E-state index contributed by atoms with van der Waals surface area (Å²) >= 11 is 6.17. The lowest BCUT2D eigenvalue weighted by molar-refractivity contribution is -0.137. The number of para-hydroxylation sites is 1. The molecule has 0 saturated heterocycles. The molecule has 0 aliphatic heterocycles. The van der Waals surface area contributed by atoms with Gasteiger partial charge in [-0.3, -0.25) is 9.36 Å². The van der Waals surface area contributed by atoms with Gasteiger partial charge in [0.15, 0.2) is 0 Å². The minimum atomic E-state index is -4.54. The zero-order chi connectivity index (χ0) is 28.3. The van der Waals surface area contributed by atoms with Crippen LogP contribution in [0.25, 0.3) is 16.6 Å². The van der Waals surface area contributed by atoms with Gasteiger partial charge in [0.25, 0.3) is 5.56 Å². The number of hydrogen-bond acceptors (Lipinski definition) is 3. The normalized spacial score (nSPS) is 12.4. The van der Waals surface area contributed by atoms with Crippen molar-refractivity contribution in [2.24, 2.45) is 0 Å². The third-order valence-electron chi connectivity index (χ3n) is 6.50. The Kier molecular flexibility index (Phi) is 8.30. The number of nitrogens with zero attached hydrogens (tertiary/aromatic N) is 3. The Labute approximate surface area is 229 Å². The molecule has 0 aliphatic rings. The van der Waals surface area contributed by atoms with E-state index >= 15 is 0 Å². The zero-order valence-corrected chi connectivity index (χ0v) is 22.5. The number of nitrogens with one attached hydrogen (secondary N) is 1. The minimum absolute atomic E-state index is 0.0148. The number of amides is 2. The van der Waals surface area contributed by atoms with Crippen molar-refractivity contribution in [2.45, 2.75) is 45.8 Å². The largest absolute Gasteiger partial charge is 0.416 e. The van der Waals surface area contributed by atoms with E-state index < -0.39 is 23.8 Å². The highest BCUT2D eigenvalue weighted by Crippen LogP contribution is 2.31. The molecule has 0 spiro atoms. The Bertz CT molecular complexity index is 1570. The number of halogens is 4. The second kappa shape index (κ2) is 11.5. The third-order valence-corrected chi connectivity index (χ3v) is 6.73. The van der Waals surface area contributed by atoms with Crippen molar-refractivity contribution in [1.82, 2.24) is 14.5 Å². The predicted molar refractivity (Wildman–Crippen MR) is 148 cm³/mol. The fraction of sp³-hybridized carbons (Fsp3) is 0.276. The van der Waals surface area contributed by atoms with Crippen molar-refractivity contribution in [1.29, 1.82) is 0 Å². The first-order chi connectivity index (χ1) is 18.5. The second-order valence-electron chi connectivity index (χ2n) is 9.29. The molecule has 39 heavy (non-hydrogen) atoms. The molecule has 1 unspecified atom stereocenters. The van der Waals surface area contributed by atoms with Crippen LogP contribution in [0, 0.1) is 6.92 Å². The van der Waals surface area contributed by atoms with Crippen LogP contribution in [0.15, 0.2) is 71.5 Å². The van der Waals surface area contributed by atoms with Crippen molar-refractivity contribution in [3.05, 3.63) is 99.1 Å². The average molecular weight is 557 g/mol. The number of aromatic nitrogens is 2. The van der Waals surface area contributed by atoms with Crippen LogP contribution < -0.4 is 10.9 Å². The van der Waals surface area contributed by atoms with E-state index in [1.807, 2.05) is 13.8 Å². The number of rotatable bonds is 7. The maximum absolute atomic E-state index is 13.8. The summed E-state index contributed by atoms with van der Waals surface area (Å²) in [5.41, 5.74) is 0.627. The summed E-state index contributed by atoms with van der Waals surface area (Å²) in [6, 6.07) is 15.2. The van der Waals surface area contributed by atoms with Crippen molar-refractivity contribution in [2.75, 3.05) is 11.9 Å². The molecule has 1 heterocycles. The van der Waals surface area contributed by atoms with Gasteiger partial charge in [0.05, 0.1) is 28.2 Å². The first-order valence-electron chi connectivity index (χ1n) is 12.5. The molecule has 0 fully saturated rings. The first kappa shape index (κ1) is 28.2. The van der Waals surface area contributed by atoms with Crippen LogP contribution in [0.5, 0.6) is 0 Å². The molecule has 204 valence electrons. The number of carbonyl (C=O) groups is 1. The van der Waals surface area contributed by atoms with Gasteiger partial charge in [-0.15, -0.1) is 0 Å². The summed E-state index contributed by atoms with van der Waals surface area (Å²) in [5, 5.41) is 3.52. The first-order valence-corrected chi connectivity index (χ1v) is 12.9. The number of carbonyl (C=O) groups excluding carboxylic acids is 1. The molecule has 2 amide bonds. The number of anilines is 1. The maximum atomic E-state index is 13.8. The van der Waals surface area contributed by atoms with E-state index in [0.717, 1.165) is 24.1 Å². The highest BCUT2D eigenvalue weighted by Gasteiger charge is 2.31. The van der Waals surface area contributed by atoms with Crippen LogP contribution in [0.2, 0.25) is 5.02 Å². The van der Waals surface area contributed by atoms with Crippen LogP contribution in [0.3, 0.4) is 0 Å². The number of benzene rings is 3. The third kappa shape index (κ3) is 6.09. The van der Waals surface area contributed by atoms with Gasteiger partial charge in [-0.1, -0.05) is 43.1 Å². The monoisotopic (exact) mass is 556 g/mol. The SMILES string of the molecule is CCCCN(C(=O)Nc1cccc(C(F)(F)F)c1)C(C)c1nc2ccccc2c(=O)n1-c1ccc(Cl)cc1C. The molecule has 4 rings (SSSR count). The number of hydrogen-bond donors (Lipinski definition) is 1. The highest BCUT2D eigenvalue weighted by atomic mass is 35.5. The molecule has 6 nitrogen and oxygen atoms in total. The van der Waals surface area contributed by atoms with Gasteiger partial charge >= 0.3 is 12.2 Å². The van der Waals surface area contributed by atoms with Crippen LogP contribution in [0.4, 0.5) is 23.7 Å². The molecular formula is C29H28ClF3N4O2. The number of urea groups is 1. The van der Waals surface area contributed by atoms with Gasteiger partial charge in [-0.05, 0) is 74.4 Å². The number of alkyl halides is 3. The van der Waals surface area contributed by atoms with Crippen molar-refractivity contribution >= 4 is 34.2 Å². The molecule has 1 atom stereocenters. The highest BCUT2D eigenvalue weighted by molar-refractivity contribution is 6.30. The smallest absolute Gasteiger partial charge is 0.315 e. The van der Waals surface area contributed by atoms with Crippen LogP contribution in [0.1, 0.15) is 49.7 Å². The molecule has 1 N–H and O–H groups in total. The minimum Gasteiger partial charge on any atom is -0.315 e. The fourth-order valence-electron chi connectivity index (χ4n) is 4.44. The molecule has 0 radical (unpaired) electrons. The summed E-state index contributed by atoms with van der Waals surface area (Å²) in [5.74, 6) is 0.319. The fourth-order valence-corrected chi connectivity index (χ4v) is 4.67. The van der Waals surface area contributed by atoms with E-state index in [9.17, 15) is 22.8 Å². The van der Waals surface area contributed by atoms with E-state index in [0.29, 0.717) is 40.4 Å². The van der Waals surface area contributed by atoms with E-state index in [1.54, 1.807) is 49.4 Å². The average Bonchev–Trinajstić information content (AvgIpc) is 2.89. The summed E-state index contributed by atoms with van der Waals surface area (Å²) in [7, 11) is 0. The Hall–Kier alpha value is -3.85. The number of unbranched alkanes of at least 4 members (excludes halogenated alkanes) is 1. The lowest BCUT2D eigenvalue weighted by Gasteiger charge is -2.31. The van der Waals surface area contributed by atoms with Crippen LogP contribution in [-0.2, 0) is 6.18 Å². The number of aryl methyl sites for hydroxylation is 1. The molecule has 1 aromatic heterocycles. The van der Waals surface area contributed by atoms with Gasteiger partial charge in [0.2, 0.25) is 0 Å². The van der Waals surface area contributed by atoms with E-state index in [1.165, 1.54) is 21.6 Å². The Balaban J connectivity index is 1.82. The van der Waals surface area contributed by atoms with Crippen molar-refractivity contribution < 1.29 is 18.0 Å². The number of fused-ring (bicyclic) bond motifs is 1. The van der Waals surface area contributed by atoms with Gasteiger partial charge in [-0.25, -0.2) is 9.78 Å². The Morgan fingerprint density at radius 3 is 2.54 bits per heavy atom. The van der Waals surface area contributed by atoms with Gasteiger partial charge in [0.1, 0.15) is 5.82 Å². The molecule has 3 aromatic carbocycles. The van der Waals surface area contributed by atoms with Crippen molar-refractivity contribution in [3.8, 4) is 5.69 Å².